The molecule has 0 bridgehead atoms. The normalized spacial score (nSPS) is 17.0. The summed E-state index contributed by atoms with van der Waals surface area (Å²) in [6.07, 6.45) is 0. The first-order chi connectivity index (χ1) is 15.9. The van der Waals surface area contributed by atoms with E-state index in [0.29, 0.717) is 34.4 Å². The van der Waals surface area contributed by atoms with Gasteiger partial charge in [-0.3, -0.25) is 19.3 Å². The minimum absolute atomic E-state index is 0.0543. The standard InChI is InChI=1S/C23H23N5O4S/c1-3-32-18-11-7-6-10-17(18)25-23-28(14(2)13-33-23)19(29)12-27-22(31)16-9-5-4-8-15(16)20(26-27)21(24)30/h4-11,14H,3,12-13H2,1-2H3,(H2,24,30). The summed E-state index contributed by atoms with van der Waals surface area (Å²) in [5, 5.41) is 5.25. The van der Waals surface area contributed by atoms with E-state index in [0.717, 1.165) is 4.68 Å². The van der Waals surface area contributed by atoms with Crippen molar-refractivity contribution in [2.45, 2.75) is 26.4 Å². The molecule has 0 saturated carbocycles. The highest BCUT2D eigenvalue weighted by Crippen LogP contribution is 2.32. The Hall–Kier alpha value is -3.66. The molecular weight excluding hydrogens is 442 g/mol. The van der Waals surface area contributed by atoms with Crippen LogP contribution in [-0.2, 0) is 11.3 Å². The van der Waals surface area contributed by atoms with E-state index < -0.39 is 11.5 Å². The van der Waals surface area contributed by atoms with Gasteiger partial charge in [0.05, 0.1) is 12.0 Å². The largest absolute Gasteiger partial charge is 0.492 e. The first-order valence-corrected chi connectivity index (χ1v) is 11.4. The minimum atomic E-state index is -0.771. The fourth-order valence-electron chi connectivity index (χ4n) is 3.63. The first kappa shape index (κ1) is 22.5. The molecule has 1 aromatic heterocycles. The Labute approximate surface area is 194 Å². The number of ether oxygens (including phenoxy) is 1. The summed E-state index contributed by atoms with van der Waals surface area (Å²) in [4.78, 5) is 44.4. The Morgan fingerprint density at radius 2 is 1.88 bits per heavy atom. The highest BCUT2D eigenvalue weighted by atomic mass is 32.2. The predicted octanol–water partition coefficient (Wildman–Crippen LogP) is 2.55. The number of amidine groups is 1. The smallest absolute Gasteiger partial charge is 0.275 e. The van der Waals surface area contributed by atoms with E-state index in [1.165, 1.54) is 11.8 Å². The van der Waals surface area contributed by atoms with Gasteiger partial charge in [0.25, 0.3) is 17.4 Å². The average molecular weight is 466 g/mol. The second-order valence-electron chi connectivity index (χ2n) is 7.44. The van der Waals surface area contributed by atoms with Crippen LogP contribution < -0.4 is 16.0 Å². The lowest BCUT2D eigenvalue weighted by Gasteiger charge is -2.21. The number of thioether (sulfide) groups is 1. The van der Waals surface area contributed by atoms with Gasteiger partial charge in [0.15, 0.2) is 10.9 Å². The molecule has 4 rings (SSSR count). The third-order valence-corrected chi connectivity index (χ3v) is 6.33. The third-order valence-electron chi connectivity index (χ3n) is 5.14. The zero-order valence-electron chi connectivity index (χ0n) is 18.2. The first-order valence-electron chi connectivity index (χ1n) is 10.5. The molecule has 1 saturated heterocycles. The number of benzene rings is 2. The summed E-state index contributed by atoms with van der Waals surface area (Å²) in [5.41, 5.74) is 5.57. The van der Waals surface area contributed by atoms with Crippen LogP contribution in [0.4, 0.5) is 5.69 Å². The van der Waals surface area contributed by atoms with Gasteiger partial charge >= 0.3 is 0 Å². The topological polar surface area (TPSA) is 120 Å². The van der Waals surface area contributed by atoms with Gasteiger partial charge in [-0.2, -0.15) is 5.10 Å². The van der Waals surface area contributed by atoms with Gasteiger partial charge in [0.2, 0.25) is 0 Å². The van der Waals surface area contributed by atoms with Gasteiger partial charge < -0.3 is 10.5 Å². The fraction of sp³-hybridized carbons (Fsp3) is 0.261. The molecule has 9 nitrogen and oxygen atoms in total. The molecule has 1 unspecified atom stereocenters. The number of fused-ring (bicyclic) bond motifs is 1. The molecule has 1 fully saturated rings. The van der Waals surface area contributed by atoms with Gasteiger partial charge in [0, 0.05) is 17.2 Å². The zero-order chi connectivity index (χ0) is 23.5. The molecule has 0 radical (unpaired) electrons. The average Bonchev–Trinajstić information content (AvgIpc) is 3.17. The molecule has 0 spiro atoms. The number of nitrogens with two attached hydrogens (primary N) is 1. The summed E-state index contributed by atoms with van der Waals surface area (Å²) in [7, 11) is 0. The van der Waals surface area contributed by atoms with Crippen molar-refractivity contribution in [2.24, 2.45) is 10.7 Å². The number of aromatic nitrogens is 2. The SMILES string of the molecule is CCOc1ccccc1N=C1SCC(C)N1C(=O)Cn1nc(C(N)=O)c2ccccc2c1=O. The lowest BCUT2D eigenvalue weighted by Crippen LogP contribution is -2.42. The van der Waals surface area contributed by atoms with Crippen LogP contribution in [-0.4, -0.2) is 50.1 Å². The number of carbonyl (C=O) groups is 2. The van der Waals surface area contributed by atoms with Crippen LogP contribution in [0, 0.1) is 0 Å². The quantitative estimate of drug-likeness (QED) is 0.597. The van der Waals surface area contributed by atoms with E-state index >= 15 is 0 Å². The molecule has 1 aliphatic heterocycles. The van der Waals surface area contributed by atoms with Crippen LogP contribution in [0.3, 0.4) is 0 Å². The second-order valence-corrected chi connectivity index (χ2v) is 8.43. The van der Waals surface area contributed by atoms with E-state index in [4.69, 9.17) is 10.5 Å². The lowest BCUT2D eigenvalue weighted by molar-refractivity contribution is -0.129. The van der Waals surface area contributed by atoms with Gasteiger partial charge in [0.1, 0.15) is 18.0 Å². The van der Waals surface area contributed by atoms with Crippen molar-refractivity contribution in [3.05, 3.63) is 64.6 Å². The summed E-state index contributed by atoms with van der Waals surface area (Å²) in [6, 6.07) is 13.8. The van der Waals surface area contributed by atoms with Crippen LogP contribution >= 0.6 is 11.8 Å². The molecule has 2 amide bonds. The summed E-state index contributed by atoms with van der Waals surface area (Å²) in [6.45, 7) is 3.95. The molecule has 33 heavy (non-hydrogen) atoms. The van der Waals surface area contributed by atoms with E-state index in [-0.39, 0.29) is 29.6 Å². The second kappa shape index (κ2) is 9.45. The third kappa shape index (κ3) is 4.47. The molecule has 3 aromatic rings. The molecule has 2 N–H and O–H groups in total. The van der Waals surface area contributed by atoms with Crippen LogP contribution in [0.2, 0.25) is 0 Å². The van der Waals surface area contributed by atoms with Crippen molar-refractivity contribution in [2.75, 3.05) is 12.4 Å². The van der Waals surface area contributed by atoms with Crippen molar-refractivity contribution in [3.8, 4) is 5.75 Å². The zero-order valence-corrected chi connectivity index (χ0v) is 19.0. The lowest BCUT2D eigenvalue weighted by atomic mass is 10.1. The van der Waals surface area contributed by atoms with Crippen molar-refractivity contribution < 1.29 is 14.3 Å². The number of para-hydroxylation sites is 2. The van der Waals surface area contributed by atoms with Gasteiger partial charge in [-0.25, -0.2) is 9.67 Å². The molecule has 0 aliphatic carbocycles. The molecular formula is C23H23N5O4S. The molecule has 1 atom stereocenters. The number of carbonyl (C=O) groups excluding carboxylic acids is 2. The van der Waals surface area contributed by atoms with Crippen LogP contribution in [0.1, 0.15) is 24.3 Å². The number of aliphatic imine (C=N–C) groups is 1. The van der Waals surface area contributed by atoms with E-state index in [2.05, 4.69) is 10.1 Å². The maximum Gasteiger partial charge on any atom is 0.275 e. The number of primary amides is 1. The Bertz CT molecular complexity index is 1320. The molecule has 10 heteroatoms. The number of hydrogen-bond donors (Lipinski definition) is 1. The summed E-state index contributed by atoms with van der Waals surface area (Å²) in [5.74, 6) is 0.153. The predicted molar refractivity (Wildman–Crippen MR) is 128 cm³/mol. The number of nitrogens with zero attached hydrogens (tertiary/aromatic N) is 4. The molecule has 2 aromatic carbocycles. The van der Waals surface area contributed by atoms with Crippen LogP contribution in [0.25, 0.3) is 10.8 Å². The van der Waals surface area contributed by atoms with Gasteiger partial charge in [-0.15, -0.1) is 0 Å². The van der Waals surface area contributed by atoms with Crippen molar-refractivity contribution in [3.63, 3.8) is 0 Å². The maximum absolute atomic E-state index is 13.3. The molecule has 2 heterocycles. The van der Waals surface area contributed by atoms with Gasteiger partial charge in [-0.05, 0) is 32.0 Å². The Morgan fingerprint density at radius 3 is 2.61 bits per heavy atom. The van der Waals surface area contributed by atoms with Gasteiger partial charge in [-0.1, -0.05) is 42.1 Å². The maximum atomic E-state index is 13.3. The summed E-state index contributed by atoms with van der Waals surface area (Å²) >= 11 is 1.45. The van der Waals surface area contributed by atoms with Crippen molar-refractivity contribution in [1.82, 2.24) is 14.7 Å². The Kier molecular flexibility index (Phi) is 6.45. The van der Waals surface area contributed by atoms with E-state index in [1.807, 2.05) is 38.1 Å². The van der Waals surface area contributed by atoms with Crippen molar-refractivity contribution in [1.29, 1.82) is 0 Å². The number of rotatable bonds is 6. The minimum Gasteiger partial charge on any atom is -0.492 e. The molecule has 170 valence electrons. The molecule has 1 aliphatic rings. The number of hydrogen-bond acceptors (Lipinski definition) is 7. The Balaban J connectivity index is 1.69. The van der Waals surface area contributed by atoms with Crippen LogP contribution in [0.15, 0.2) is 58.3 Å². The highest BCUT2D eigenvalue weighted by molar-refractivity contribution is 8.14. The highest BCUT2D eigenvalue weighted by Gasteiger charge is 2.33. The fourth-order valence-corrected chi connectivity index (χ4v) is 4.75. The summed E-state index contributed by atoms with van der Waals surface area (Å²) < 4.78 is 6.63. The van der Waals surface area contributed by atoms with Crippen molar-refractivity contribution >= 4 is 45.2 Å². The van der Waals surface area contributed by atoms with E-state index in [1.54, 1.807) is 29.2 Å². The van der Waals surface area contributed by atoms with Crippen LogP contribution in [0.5, 0.6) is 5.75 Å². The monoisotopic (exact) mass is 465 g/mol. The van der Waals surface area contributed by atoms with E-state index in [9.17, 15) is 14.4 Å². The Morgan fingerprint density at radius 1 is 1.18 bits per heavy atom. The number of amides is 2.